The zero-order valence-corrected chi connectivity index (χ0v) is 17.5. The number of nitrogens with zero attached hydrogens (tertiary/aromatic N) is 1. The summed E-state index contributed by atoms with van der Waals surface area (Å²) in [4.78, 5) is 16.9. The quantitative estimate of drug-likeness (QED) is 0.431. The SMILES string of the molecule is CCc1ccc(C(=O)NC(=S)Nc2ccc3oc(-c4ccc(C)cc4)nc3c2)cc1. The molecule has 1 amide bonds. The van der Waals surface area contributed by atoms with E-state index >= 15 is 0 Å². The van der Waals surface area contributed by atoms with Crippen LogP contribution in [0.4, 0.5) is 5.69 Å². The summed E-state index contributed by atoms with van der Waals surface area (Å²) in [6.07, 6.45) is 0.929. The van der Waals surface area contributed by atoms with Crippen molar-refractivity contribution >= 4 is 40.0 Å². The maximum atomic E-state index is 12.4. The molecule has 0 spiro atoms. The highest BCUT2D eigenvalue weighted by Crippen LogP contribution is 2.26. The molecule has 5 nitrogen and oxygen atoms in total. The molecule has 30 heavy (non-hydrogen) atoms. The van der Waals surface area contributed by atoms with Gasteiger partial charge in [-0.25, -0.2) is 4.98 Å². The Morgan fingerprint density at radius 2 is 1.77 bits per heavy atom. The highest BCUT2D eigenvalue weighted by atomic mass is 32.1. The van der Waals surface area contributed by atoms with Gasteiger partial charge in [-0.05, 0) is 73.6 Å². The van der Waals surface area contributed by atoms with Crippen molar-refractivity contribution in [3.8, 4) is 11.5 Å². The molecule has 3 aromatic carbocycles. The summed E-state index contributed by atoms with van der Waals surface area (Å²) >= 11 is 5.29. The van der Waals surface area contributed by atoms with E-state index in [4.69, 9.17) is 16.6 Å². The number of hydrogen-bond acceptors (Lipinski definition) is 4. The fourth-order valence-electron chi connectivity index (χ4n) is 3.05. The van der Waals surface area contributed by atoms with E-state index in [1.54, 1.807) is 12.1 Å². The Kier molecular flexibility index (Phi) is 5.59. The van der Waals surface area contributed by atoms with Gasteiger partial charge in [0.05, 0.1) is 0 Å². The summed E-state index contributed by atoms with van der Waals surface area (Å²) in [6, 6.07) is 21.0. The molecule has 0 saturated heterocycles. The summed E-state index contributed by atoms with van der Waals surface area (Å²) in [5.74, 6) is 0.313. The highest BCUT2D eigenvalue weighted by Gasteiger charge is 2.11. The van der Waals surface area contributed by atoms with E-state index in [9.17, 15) is 4.79 Å². The third-order valence-corrected chi connectivity index (χ3v) is 5.00. The minimum atomic E-state index is -0.251. The van der Waals surface area contributed by atoms with E-state index < -0.39 is 0 Å². The van der Waals surface area contributed by atoms with Crippen molar-refractivity contribution in [2.75, 3.05) is 5.32 Å². The summed E-state index contributed by atoms with van der Waals surface area (Å²) in [5, 5.41) is 5.96. The summed E-state index contributed by atoms with van der Waals surface area (Å²) < 4.78 is 5.85. The van der Waals surface area contributed by atoms with Crippen LogP contribution in [0.15, 0.2) is 71.1 Å². The third-order valence-electron chi connectivity index (χ3n) is 4.80. The molecule has 0 saturated carbocycles. The van der Waals surface area contributed by atoms with E-state index in [0.717, 1.165) is 17.7 Å². The zero-order valence-electron chi connectivity index (χ0n) is 16.7. The molecule has 0 atom stereocenters. The predicted molar refractivity (Wildman–Crippen MR) is 124 cm³/mol. The van der Waals surface area contributed by atoms with Crippen LogP contribution >= 0.6 is 12.2 Å². The first-order valence-electron chi connectivity index (χ1n) is 9.71. The lowest BCUT2D eigenvalue weighted by Crippen LogP contribution is -2.34. The van der Waals surface area contributed by atoms with Gasteiger partial charge in [0.2, 0.25) is 5.89 Å². The topological polar surface area (TPSA) is 67.2 Å². The lowest BCUT2D eigenvalue weighted by molar-refractivity contribution is 0.0977. The second-order valence-corrected chi connectivity index (χ2v) is 7.43. The average molecular weight is 416 g/mol. The molecule has 1 heterocycles. The number of fused-ring (bicyclic) bond motifs is 1. The number of nitrogens with one attached hydrogen (secondary N) is 2. The van der Waals surface area contributed by atoms with Crippen LogP contribution in [-0.4, -0.2) is 16.0 Å². The lowest BCUT2D eigenvalue weighted by atomic mass is 10.1. The Morgan fingerprint density at radius 1 is 1.03 bits per heavy atom. The Morgan fingerprint density at radius 3 is 2.47 bits per heavy atom. The second-order valence-electron chi connectivity index (χ2n) is 7.03. The fraction of sp³-hybridized carbons (Fsp3) is 0.125. The van der Waals surface area contributed by atoms with Crippen LogP contribution in [0.5, 0.6) is 0 Å². The van der Waals surface area contributed by atoms with Crippen molar-refractivity contribution in [3.63, 3.8) is 0 Å². The van der Waals surface area contributed by atoms with Gasteiger partial charge in [0.25, 0.3) is 5.91 Å². The van der Waals surface area contributed by atoms with Gasteiger partial charge < -0.3 is 9.73 Å². The molecule has 0 fully saturated rings. The number of carbonyl (C=O) groups is 1. The number of amides is 1. The maximum Gasteiger partial charge on any atom is 0.257 e. The van der Waals surface area contributed by atoms with Gasteiger partial charge in [-0.3, -0.25) is 10.1 Å². The highest BCUT2D eigenvalue weighted by molar-refractivity contribution is 7.80. The molecule has 0 radical (unpaired) electrons. The van der Waals surface area contributed by atoms with Gasteiger partial charge in [-0.2, -0.15) is 0 Å². The van der Waals surface area contributed by atoms with Crippen molar-refractivity contribution in [2.24, 2.45) is 0 Å². The second kappa shape index (κ2) is 8.47. The number of oxazole rings is 1. The molecule has 0 bridgehead atoms. The standard InChI is InChI=1S/C24H21N3O2S/c1-3-16-6-10-17(11-7-16)22(28)27-24(30)25-19-12-13-21-20(14-19)26-23(29-21)18-8-4-15(2)5-9-18/h4-14H,3H2,1-2H3,(H2,25,27,28,30). The summed E-state index contributed by atoms with van der Waals surface area (Å²) in [6.45, 7) is 4.11. The van der Waals surface area contributed by atoms with Crippen molar-refractivity contribution < 1.29 is 9.21 Å². The molecular weight excluding hydrogens is 394 g/mol. The molecule has 6 heteroatoms. The van der Waals surface area contributed by atoms with Crippen molar-refractivity contribution in [1.82, 2.24) is 10.3 Å². The molecule has 150 valence electrons. The summed E-state index contributed by atoms with van der Waals surface area (Å²) in [5.41, 5.74) is 5.95. The zero-order chi connectivity index (χ0) is 21.1. The van der Waals surface area contributed by atoms with Crippen LogP contribution in [-0.2, 0) is 6.42 Å². The summed E-state index contributed by atoms with van der Waals surface area (Å²) in [7, 11) is 0. The van der Waals surface area contributed by atoms with E-state index in [1.165, 1.54) is 11.1 Å². The molecule has 0 unspecified atom stereocenters. The first kappa shape index (κ1) is 19.8. The molecule has 0 aliphatic heterocycles. The first-order valence-corrected chi connectivity index (χ1v) is 10.1. The third kappa shape index (κ3) is 4.39. The minimum absolute atomic E-state index is 0.223. The molecule has 4 aromatic rings. The number of hydrogen-bond donors (Lipinski definition) is 2. The Hall–Kier alpha value is -3.51. The normalized spacial score (nSPS) is 10.7. The first-order chi connectivity index (χ1) is 14.5. The maximum absolute atomic E-state index is 12.4. The van der Waals surface area contributed by atoms with Gasteiger partial charge in [0.1, 0.15) is 5.52 Å². The fourth-order valence-corrected chi connectivity index (χ4v) is 3.26. The molecule has 1 aromatic heterocycles. The predicted octanol–water partition coefficient (Wildman–Crippen LogP) is 5.49. The number of anilines is 1. The number of carbonyl (C=O) groups excluding carboxylic acids is 1. The van der Waals surface area contributed by atoms with Crippen LogP contribution in [0.1, 0.15) is 28.4 Å². The number of thiocarbonyl (C=S) groups is 1. The molecule has 0 aliphatic carbocycles. The lowest BCUT2D eigenvalue weighted by Gasteiger charge is -2.09. The number of rotatable bonds is 4. The molecule has 2 N–H and O–H groups in total. The Bertz CT molecular complexity index is 1210. The van der Waals surface area contributed by atoms with Crippen LogP contribution in [0.2, 0.25) is 0 Å². The molecular formula is C24H21N3O2S. The van der Waals surface area contributed by atoms with Crippen LogP contribution in [0.3, 0.4) is 0 Å². The smallest absolute Gasteiger partial charge is 0.257 e. The largest absolute Gasteiger partial charge is 0.436 e. The van der Waals surface area contributed by atoms with Gasteiger partial charge in [-0.1, -0.05) is 36.8 Å². The van der Waals surface area contributed by atoms with Gasteiger partial charge >= 0.3 is 0 Å². The van der Waals surface area contributed by atoms with Crippen molar-refractivity contribution in [3.05, 3.63) is 83.4 Å². The van der Waals surface area contributed by atoms with Crippen molar-refractivity contribution in [1.29, 1.82) is 0 Å². The number of aromatic nitrogens is 1. The van der Waals surface area contributed by atoms with E-state index in [-0.39, 0.29) is 11.0 Å². The monoisotopic (exact) mass is 415 g/mol. The van der Waals surface area contributed by atoms with E-state index in [0.29, 0.717) is 22.6 Å². The Labute approximate surface area is 180 Å². The minimum Gasteiger partial charge on any atom is -0.436 e. The van der Waals surface area contributed by atoms with Gasteiger partial charge in [0.15, 0.2) is 10.7 Å². The number of benzene rings is 3. The molecule has 0 aliphatic rings. The van der Waals surface area contributed by atoms with Gasteiger partial charge in [-0.15, -0.1) is 0 Å². The van der Waals surface area contributed by atoms with E-state index in [2.05, 4.69) is 22.5 Å². The average Bonchev–Trinajstić information content (AvgIpc) is 3.17. The number of aryl methyl sites for hydroxylation is 2. The molecule has 4 rings (SSSR count). The van der Waals surface area contributed by atoms with E-state index in [1.807, 2.05) is 61.5 Å². The van der Waals surface area contributed by atoms with Crippen LogP contribution < -0.4 is 10.6 Å². The van der Waals surface area contributed by atoms with Gasteiger partial charge in [0, 0.05) is 16.8 Å². The van der Waals surface area contributed by atoms with Crippen LogP contribution in [0, 0.1) is 6.92 Å². The van der Waals surface area contributed by atoms with Crippen LogP contribution in [0.25, 0.3) is 22.6 Å². The van der Waals surface area contributed by atoms with Crippen molar-refractivity contribution in [2.45, 2.75) is 20.3 Å². The Balaban J connectivity index is 1.45.